The van der Waals surface area contributed by atoms with Gasteiger partial charge in [0.2, 0.25) is 5.91 Å². The fraction of sp³-hybridized carbons (Fsp3) is 0.154. The van der Waals surface area contributed by atoms with Crippen LogP contribution in [0.2, 0.25) is 15.1 Å². The molecule has 1 fully saturated rings. The minimum Gasteiger partial charge on any atom is -0.326 e. The number of carbonyl (C=O) groups is 2. The molecule has 1 aromatic heterocycles. The van der Waals surface area contributed by atoms with Crippen LogP contribution >= 0.6 is 58.0 Å². The van der Waals surface area contributed by atoms with Gasteiger partial charge in [0.15, 0.2) is 5.78 Å². The SMILES string of the molecule is O=C(Cc1ccc(-n2cnnc2)cc1)c1cc(NC(=O)C2C(c3cc(Cl)cc(Cl)c3)C2(Cl)Cl)ccc1Cl. The average molecular weight is 595 g/mol. The Balaban J connectivity index is 1.29. The molecule has 188 valence electrons. The minimum absolute atomic E-state index is 0.131. The summed E-state index contributed by atoms with van der Waals surface area (Å²) in [7, 11) is 0. The summed E-state index contributed by atoms with van der Waals surface area (Å²) in [5.74, 6) is -1.80. The van der Waals surface area contributed by atoms with E-state index in [1.54, 1.807) is 53.6 Å². The van der Waals surface area contributed by atoms with E-state index in [-0.39, 0.29) is 17.2 Å². The van der Waals surface area contributed by atoms with E-state index in [0.29, 0.717) is 26.9 Å². The molecule has 2 atom stereocenters. The molecule has 37 heavy (non-hydrogen) atoms. The number of anilines is 1. The van der Waals surface area contributed by atoms with Gasteiger partial charge in [0.1, 0.15) is 17.0 Å². The van der Waals surface area contributed by atoms with Gasteiger partial charge in [0.05, 0.1) is 10.9 Å². The van der Waals surface area contributed by atoms with Crippen molar-refractivity contribution in [3.05, 3.63) is 105 Å². The van der Waals surface area contributed by atoms with Crippen molar-refractivity contribution >= 4 is 75.4 Å². The number of halogens is 5. The number of hydrogen-bond acceptors (Lipinski definition) is 4. The van der Waals surface area contributed by atoms with Crippen LogP contribution < -0.4 is 5.32 Å². The predicted octanol–water partition coefficient (Wildman–Crippen LogP) is 7.18. The third-order valence-electron chi connectivity index (χ3n) is 6.13. The summed E-state index contributed by atoms with van der Waals surface area (Å²) < 4.78 is 0.443. The van der Waals surface area contributed by atoms with E-state index in [0.717, 1.165) is 11.3 Å². The van der Waals surface area contributed by atoms with Gasteiger partial charge in [-0.2, -0.15) is 0 Å². The molecule has 3 aromatic carbocycles. The van der Waals surface area contributed by atoms with Gasteiger partial charge in [-0.05, 0) is 59.7 Å². The topological polar surface area (TPSA) is 76.9 Å². The number of carbonyl (C=O) groups excluding carboxylic acids is 2. The molecule has 1 aliphatic carbocycles. The highest BCUT2D eigenvalue weighted by atomic mass is 35.5. The molecule has 0 radical (unpaired) electrons. The van der Waals surface area contributed by atoms with Gasteiger partial charge in [-0.25, -0.2) is 0 Å². The first kappa shape index (κ1) is 26.0. The molecule has 11 heteroatoms. The largest absolute Gasteiger partial charge is 0.326 e. The lowest BCUT2D eigenvalue weighted by molar-refractivity contribution is -0.117. The fourth-order valence-corrected chi connectivity index (χ4v) is 5.85. The molecule has 4 aromatic rings. The number of ketones is 1. The van der Waals surface area contributed by atoms with Gasteiger partial charge in [-0.15, -0.1) is 33.4 Å². The van der Waals surface area contributed by atoms with Crippen LogP contribution in [0.15, 0.2) is 73.3 Å². The van der Waals surface area contributed by atoms with Crippen LogP contribution in [-0.4, -0.2) is 30.8 Å². The van der Waals surface area contributed by atoms with Gasteiger partial charge in [0.25, 0.3) is 0 Å². The first-order valence-electron chi connectivity index (χ1n) is 11.0. The first-order valence-corrected chi connectivity index (χ1v) is 12.9. The van der Waals surface area contributed by atoms with Crippen LogP contribution in [-0.2, 0) is 11.2 Å². The first-order chi connectivity index (χ1) is 17.6. The van der Waals surface area contributed by atoms with Crippen LogP contribution in [0.25, 0.3) is 5.69 Å². The smallest absolute Gasteiger partial charge is 0.231 e. The molecule has 1 heterocycles. The Labute approximate surface area is 237 Å². The quantitative estimate of drug-likeness (QED) is 0.182. The van der Waals surface area contributed by atoms with E-state index in [2.05, 4.69) is 15.5 Å². The molecule has 1 amide bonds. The van der Waals surface area contributed by atoms with Crippen molar-refractivity contribution < 1.29 is 9.59 Å². The number of hydrogen-bond donors (Lipinski definition) is 1. The van der Waals surface area contributed by atoms with E-state index in [9.17, 15) is 9.59 Å². The van der Waals surface area contributed by atoms with Crippen molar-refractivity contribution in [3.63, 3.8) is 0 Å². The number of aromatic nitrogens is 3. The maximum atomic E-state index is 13.1. The van der Waals surface area contributed by atoms with E-state index in [4.69, 9.17) is 58.0 Å². The highest BCUT2D eigenvalue weighted by Crippen LogP contribution is 2.65. The normalized spacial score (nSPS) is 17.9. The summed E-state index contributed by atoms with van der Waals surface area (Å²) in [5.41, 5.74) is 3.04. The van der Waals surface area contributed by atoms with Crippen molar-refractivity contribution in [2.24, 2.45) is 5.92 Å². The molecule has 1 N–H and O–H groups in total. The second-order valence-corrected chi connectivity index (χ2v) is 11.4. The average Bonchev–Trinajstić information content (AvgIpc) is 3.16. The molecular weight excluding hydrogens is 578 g/mol. The van der Waals surface area contributed by atoms with Gasteiger partial charge >= 0.3 is 0 Å². The summed E-state index contributed by atoms with van der Waals surface area (Å²) in [4.78, 5) is 26.1. The number of rotatable bonds is 7. The zero-order valence-corrected chi connectivity index (χ0v) is 22.6. The Hall–Kier alpha value is -2.61. The van der Waals surface area contributed by atoms with Crippen molar-refractivity contribution in [1.29, 1.82) is 0 Å². The molecule has 1 saturated carbocycles. The van der Waals surface area contributed by atoms with E-state index in [1.165, 1.54) is 0 Å². The fourth-order valence-electron chi connectivity index (χ4n) is 4.26. The molecule has 1 aliphatic rings. The molecule has 0 bridgehead atoms. The van der Waals surface area contributed by atoms with Gasteiger partial charge in [-0.3, -0.25) is 14.2 Å². The van der Waals surface area contributed by atoms with Crippen molar-refractivity contribution in [2.45, 2.75) is 16.7 Å². The maximum Gasteiger partial charge on any atom is 0.231 e. The molecular formula is C26H17Cl5N4O2. The summed E-state index contributed by atoms with van der Waals surface area (Å²) >= 11 is 31.4. The van der Waals surface area contributed by atoms with Crippen LogP contribution in [0, 0.1) is 5.92 Å². The Morgan fingerprint density at radius 2 is 1.54 bits per heavy atom. The highest BCUT2D eigenvalue weighted by molar-refractivity contribution is 6.53. The van der Waals surface area contributed by atoms with E-state index >= 15 is 0 Å². The van der Waals surface area contributed by atoms with Crippen molar-refractivity contribution in [1.82, 2.24) is 14.8 Å². The van der Waals surface area contributed by atoms with Gasteiger partial charge in [-0.1, -0.05) is 46.9 Å². The highest BCUT2D eigenvalue weighted by Gasteiger charge is 2.67. The Kier molecular flexibility index (Phi) is 7.22. The third-order valence-corrected chi connectivity index (χ3v) is 7.84. The van der Waals surface area contributed by atoms with Crippen molar-refractivity contribution in [2.75, 3.05) is 5.32 Å². The molecule has 0 aliphatic heterocycles. The molecule has 6 nitrogen and oxygen atoms in total. The second kappa shape index (κ2) is 10.3. The van der Waals surface area contributed by atoms with E-state index in [1.807, 2.05) is 24.3 Å². The number of nitrogens with zero attached hydrogens (tertiary/aromatic N) is 3. The lowest BCUT2D eigenvalue weighted by Crippen LogP contribution is -2.17. The number of alkyl halides is 2. The Morgan fingerprint density at radius 3 is 2.19 bits per heavy atom. The summed E-state index contributed by atoms with van der Waals surface area (Å²) in [5, 5.41) is 11.5. The second-order valence-electron chi connectivity index (χ2n) is 8.65. The molecule has 0 spiro atoms. The number of benzene rings is 3. The number of nitrogens with one attached hydrogen (secondary N) is 1. The molecule has 2 unspecified atom stereocenters. The molecule has 5 rings (SSSR count). The minimum atomic E-state index is -1.32. The van der Waals surface area contributed by atoms with Crippen LogP contribution in [0.4, 0.5) is 5.69 Å². The zero-order chi connectivity index (χ0) is 26.3. The number of amides is 1. The summed E-state index contributed by atoms with van der Waals surface area (Å²) in [6.45, 7) is 0. The predicted molar refractivity (Wildman–Crippen MR) is 147 cm³/mol. The van der Waals surface area contributed by atoms with Gasteiger partial charge < -0.3 is 5.32 Å². The van der Waals surface area contributed by atoms with Crippen molar-refractivity contribution in [3.8, 4) is 5.69 Å². The molecule has 0 saturated heterocycles. The Bertz CT molecular complexity index is 1470. The zero-order valence-electron chi connectivity index (χ0n) is 18.8. The van der Waals surface area contributed by atoms with Crippen LogP contribution in [0.5, 0.6) is 0 Å². The van der Waals surface area contributed by atoms with Crippen LogP contribution in [0.3, 0.4) is 0 Å². The lowest BCUT2D eigenvalue weighted by atomic mass is 10.0. The van der Waals surface area contributed by atoms with Gasteiger partial charge in [0, 0.05) is 39.3 Å². The summed E-state index contributed by atoms with van der Waals surface area (Å²) in [6.07, 6.45) is 3.31. The monoisotopic (exact) mass is 592 g/mol. The lowest BCUT2D eigenvalue weighted by Gasteiger charge is -2.10. The standard InChI is InChI=1S/C26H17Cl5N4O2/c27-16-8-15(9-17(28)10-16)23-24(26(23,30)31)25(37)34-18-3-6-21(29)20(11-18)22(36)7-14-1-4-19(5-2-14)35-12-32-33-13-35/h1-6,8-13,23-24H,7H2,(H,34,37). The summed E-state index contributed by atoms with van der Waals surface area (Å²) in [6, 6.07) is 17.1. The number of Topliss-reactive ketones (excluding diaryl/α,β-unsaturated/α-hetero) is 1. The van der Waals surface area contributed by atoms with Crippen LogP contribution in [0.1, 0.15) is 27.4 Å². The Morgan fingerprint density at radius 1 is 0.892 bits per heavy atom. The maximum absolute atomic E-state index is 13.1. The van der Waals surface area contributed by atoms with E-state index < -0.39 is 22.1 Å². The third kappa shape index (κ3) is 5.49.